The van der Waals surface area contributed by atoms with Crippen molar-refractivity contribution in [3.63, 3.8) is 0 Å². The Kier molecular flexibility index (Phi) is 6.31. The predicted octanol–water partition coefficient (Wildman–Crippen LogP) is 7.59. The topological polar surface area (TPSA) is 29.5 Å². The zero-order chi connectivity index (χ0) is 22.8. The molecule has 5 rings (SSSR count). The standard InChI is InChI=1S/C27H18BrNO2S2/c28-20-10-6-11-21(15-20)29-26(30)25(33-27(29)32)16-23-22-12-5-4-9-19(22)13-14-24(23)31-17-18-7-2-1-3-8-18/h1-16H,17H2/b25-16+. The summed E-state index contributed by atoms with van der Waals surface area (Å²) in [6.07, 6.45) is 1.90. The van der Waals surface area contributed by atoms with Crippen LogP contribution in [-0.2, 0) is 11.4 Å². The van der Waals surface area contributed by atoms with Gasteiger partial charge < -0.3 is 4.74 Å². The van der Waals surface area contributed by atoms with Crippen LogP contribution in [0.2, 0.25) is 0 Å². The third kappa shape index (κ3) is 4.60. The maximum atomic E-state index is 13.4. The van der Waals surface area contributed by atoms with Crippen LogP contribution in [0, 0.1) is 0 Å². The number of halogens is 1. The highest BCUT2D eigenvalue weighted by Crippen LogP contribution is 2.39. The average molecular weight is 532 g/mol. The van der Waals surface area contributed by atoms with Gasteiger partial charge in [-0.25, -0.2) is 0 Å². The molecular weight excluding hydrogens is 514 g/mol. The summed E-state index contributed by atoms with van der Waals surface area (Å²) in [5.74, 6) is 0.593. The number of fused-ring (bicyclic) bond motifs is 1. The molecule has 1 aliphatic rings. The van der Waals surface area contributed by atoms with Crippen LogP contribution in [0.25, 0.3) is 16.8 Å². The predicted molar refractivity (Wildman–Crippen MR) is 145 cm³/mol. The summed E-state index contributed by atoms with van der Waals surface area (Å²) in [5.41, 5.74) is 2.70. The highest BCUT2D eigenvalue weighted by molar-refractivity contribution is 9.10. The zero-order valence-electron chi connectivity index (χ0n) is 17.4. The van der Waals surface area contributed by atoms with E-state index >= 15 is 0 Å². The van der Waals surface area contributed by atoms with Gasteiger partial charge in [-0.15, -0.1) is 0 Å². The van der Waals surface area contributed by atoms with Crippen molar-refractivity contribution in [3.8, 4) is 5.75 Å². The van der Waals surface area contributed by atoms with Crippen molar-refractivity contribution in [3.05, 3.63) is 112 Å². The Hall–Kier alpha value is -2.93. The molecule has 33 heavy (non-hydrogen) atoms. The fraction of sp³-hybridized carbons (Fsp3) is 0.0370. The third-order valence-electron chi connectivity index (χ3n) is 5.30. The Morgan fingerprint density at radius 3 is 2.55 bits per heavy atom. The zero-order valence-corrected chi connectivity index (χ0v) is 20.6. The van der Waals surface area contributed by atoms with E-state index in [0.717, 1.165) is 37.8 Å². The summed E-state index contributed by atoms with van der Waals surface area (Å²) in [4.78, 5) is 15.5. The van der Waals surface area contributed by atoms with Crippen molar-refractivity contribution < 1.29 is 9.53 Å². The number of thiocarbonyl (C=S) groups is 1. The molecule has 4 aromatic carbocycles. The number of rotatable bonds is 5. The molecule has 162 valence electrons. The number of nitrogens with zero attached hydrogens (tertiary/aromatic N) is 1. The number of anilines is 1. The SMILES string of the molecule is O=C1/C(=C\c2c(OCc3ccccc3)ccc3ccccc23)SC(=S)N1c1cccc(Br)c1. The number of carbonyl (C=O) groups is 1. The van der Waals surface area contributed by atoms with Crippen LogP contribution >= 0.6 is 39.9 Å². The largest absolute Gasteiger partial charge is 0.488 e. The van der Waals surface area contributed by atoms with Crippen LogP contribution in [0.3, 0.4) is 0 Å². The first-order chi connectivity index (χ1) is 16.1. The van der Waals surface area contributed by atoms with Crippen LogP contribution in [0.5, 0.6) is 5.75 Å². The molecule has 0 unspecified atom stereocenters. The second kappa shape index (κ2) is 9.51. The quantitative estimate of drug-likeness (QED) is 0.196. The van der Waals surface area contributed by atoms with Gasteiger partial charge in [0.25, 0.3) is 5.91 Å². The number of ether oxygens (including phenoxy) is 1. The van der Waals surface area contributed by atoms with Crippen molar-refractivity contribution in [2.24, 2.45) is 0 Å². The van der Waals surface area contributed by atoms with Crippen LogP contribution < -0.4 is 9.64 Å². The van der Waals surface area contributed by atoms with E-state index in [-0.39, 0.29) is 5.91 Å². The van der Waals surface area contributed by atoms with Crippen molar-refractivity contribution in [1.29, 1.82) is 0 Å². The molecule has 0 saturated carbocycles. The number of benzene rings is 4. The van der Waals surface area contributed by atoms with E-state index in [1.54, 1.807) is 4.90 Å². The van der Waals surface area contributed by atoms with Gasteiger partial charge in [0.05, 0.1) is 10.6 Å². The van der Waals surface area contributed by atoms with Gasteiger partial charge in [0.15, 0.2) is 4.32 Å². The Morgan fingerprint density at radius 2 is 1.73 bits per heavy atom. The number of hydrogen-bond acceptors (Lipinski definition) is 4. The Bertz CT molecular complexity index is 1400. The van der Waals surface area contributed by atoms with Gasteiger partial charge in [0.2, 0.25) is 0 Å². The van der Waals surface area contributed by atoms with Gasteiger partial charge in [0, 0.05) is 10.0 Å². The van der Waals surface area contributed by atoms with Crippen LogP contribution in [0.15, 0.2) is 100 Å². The van der Waals surface area contributed by atoms with Crippen molar-refractivity contribution in [2.75, 3.05) is 4.90 Å². The summed E-state index contributed by atoms with van der Waals surface area (Å²) < 4.78 is 7.62. The van der Waals surface area contributed by atoms with E-state index in [2.05, 4.69) is 22.0 Å². The molecule has 0 radical (unpaired) electrons. The van der Waals surface area contributed by atoms with Gasteiger partial charge in [-0.3, -0.25) is 9.69 Å². The van der Waals surface area contributed by atoms with Gasteiger partial charge in [-0.2, -0.15) is 0 Å². The minimum Gasteiger partial charge on any atom is -0.488 e. The molecule has 0 bridgehead atoms. The van der Waals surface area contributed by atoms with Gasteiger partial charge in [-0.1, -0.05) is 107 Å². The lowest BCUT2D eigenvalue weighted by Crippen LogP contribution is -2.27. The summed E-state index contributed by atoms with van der Waals surface area (Å²) in [6.45, 7) is 0.443. The Morgan fingerprint density at radius 1 is 0.939 bits per heavy atom. The van der Waals surface area contributed by atoms with E-state index < -0.39 is 0 Å². The molecular formula is C27H18BrNO2S2. The lowest BCUT2D eigenvalue weighted by atomic mass is 10.0. The maximum Gasteiger partial charge on any atom is 0.270 e. The molecule has 0 aromatic heterocycles. The second-order valence-electron chi connectivity index (χ2n) is 7.47. The molecule has 0 N–H and O–H groups in total. The fourth-order valence-corrected chi connectivity index (χ4v) is 5.39. The number of carbonyl (C=O) groups excluding carboxylic acids is 1. The molecule has 0 spiro atoms. The Balaban J connectivity index is 1.54. The number of amides is 1. The van der Waals surface area contributed by atoms with Gasteiger partial charge in [-0.05, 0) is 46.7 Å². The molecule has 1 aliphatic heterocycles. The summed E-state index contributed by atoms with van der Waals surface area (Å²) in [5, 5.41) is 2.11. The van der Waals surface area contributed by atoms with E-state index in [1.807, 2.05) is 91.0 Å². The maximum absolute atomic E-state index is 13.4. The lowest BCUT2D eigenvalue weighted by molar-refractivity contribution is -0.113. The highest BCUT2D eigenvalue weighted by Gasteiger charge is 2.33. The van der Waals surface area contributed by atoms with E-state index in [9.17, 15) is 4.79 Å². The first kappa shape index (κ1) is 21.9. The van der Waals surface area contributed by atoms with Crippen molar-refractivity contribution >= 4 is 72.7 Å². The summed E-state index contributed by atoms with van der Waals surface area (Å²) in [6, 6.07) is 29.7. The second-order valence-corrected chi connectivity index (χ2v) is 10.1. The Labute approximate surface area is 210 Å². The molecule has 0 aliphatic carbocycles. The van der Waals surface area contributed by atoms with Crippen LogP contribution in [0.1, 0.15) is 11.1 Å². The van der Waals surface area contributed by atoms with Gasteiger partial charge >= 0.3 is 0 Å². The molecule has 4 aromatic rings. The fourth-order valence-electron chi connectivity index (χ4n) is 3.72. The molecule has 1 heterocycles. The lowest BCUT2D eigenvalue weighted by Gasteiger charge is -2.15. The van der Waals surface area contributed by atoms with Crippen LogP contribution in [0.4, 0.5) is 5.69 Å². The minimum absolute atomic E-state index is 0.134. The van der Waals surface area contributed by atoms with E-state index in [0.29, 0.717) is 15.8 Å². The molecule has 1 saturated heterocycles. The molecule has 1 fully saturated rings. The summed E-state index contributed by atoms with van der Waals surface area (Å²) in [7, 11) is 0. The van der Waals surface area contributed by atoms with Gasteiger partial charge in [0.1, 0.15) is 12.4 Å². The first-order valence-corrected chi connectivity index (χ1v) is 12.3. The smallest absolute Gasteiger partial charge is 0.270 e. The third-order valence-corrected chi connectivity index (χ3v) is 7.10. The molecule has 1 amide bonds. The molecule has 6 heteroatoms. The number of thioether (sulfide) groups is 1. The van der Waals surface area contributed by atoms with Crippen LogP contribution in [-0.4, -0.2) is 10.2 Å². The highest BCUT2D eigenvalue weighted by atomic mass is 79.9. The van der Waals surface area contributed by atoms with E-state index in [4.69, 9.17) is 17.0 Å². The number of hydrogen-bond donors (Lipinski definition) is 0. The van der Waals surface area contributed by atoms with E-state index in [1.165, 1.54) is 11.8 Å². The normalized spacial score (nSPS) is 14.9. The minimum atomic E-state index is -0.134. The first-order valence-electron chi connectivity index (χ1n) is 10.3. The van der Waals surface area contributed by atoms with Crippen molar-refractivity contribution in [2.45, 2.75) is 6.61 Å². The summed E-state index contributed by atoms with van der Waals surface area (Å²) >= 11 is 10.3. The average Bonchev–Trinajstić information content (AvgIpc) is 3.11. The molecule has 0 atom stereocenters. The molecule has 3 nitrogen and oxygen atoms in total. The monoisotopic (exact) mass is 531 g/mol. The van der Waals surface area contributed by atoms with Crippen molar-refractivity contribution in [1.82, 2.24) is 0 Å².